The third-order valence-corrected chi connectivity index (χ3v) is 11.5. The number of hydrogen-bond acceptors (Lipinski definition) is 6. The maximum Gasteiger partial charge on any atom is 0.308 e. The number of H-pyrrole nitrogens is 1. The zero-order chi connectivity index (χ0) is 32.1. The van der Waals surface area contributed by atoms with E-state index >= 15 is 0 Å². The molecule has 5 aliphatic rings. The van der Waals surface area contributed by atoms with Gasteiger partial charge in [-0.3, -0.25) is 14.6 Å². The van der Waals surface area contributed by atoms with Gasteiger partial charge in [0.15, 0.2) is 11.5 Å². The molecule has 2 unspecified atom stereocenters. The summed E-state index contributed by atoms with van der Waals surface area (Å²) in [4.78, 5) is 40.3. The van der Waals surface area contributed by atoms with Gasteiger partial charge in [0.05, 0.1) is 22.8 Å². The van der Waals surface area contributed by atoms with Crippen molar-refractivity contribution in [3.05, 3.63) is 83.4 Å². The number of pyridine rings is 1. The number of aromatic nitrogens is 2. The SMILES string of the molecule is CC(=O)Oc1cccc2c1[nH]c1c(C3C=C4CC/C=C\CCCCN5CC[C@H]3[C@]3(C5)C(C(C)=O)=C5/C=C\CCCCN5[C@H]43)nccc12. The maximum absolute atomic E-state index is 14.1. The first-order chi connectivity index (χ1) is 23.0. The average Bonchev–Trinajstić information content (AvgIpc) is 3.54. The van der Waals surface area contributed by atoms with Crippen LogP contribution in [-0.2, 0) is 9.59 Å². The molecular formula is C40H46N4O3. The molecule has 7 nitrogen and oxygen atoms in total. The van der Waals surface area contributed by atoms with E-state index in [0.29, 0.717) is 5.75 Å². The van der Waals surface area contributed by atoms with E-state index in [2.05, 4.69) is 57.3 Å². The molecule has 3 bridgehead atoms. The predicted molar refractivity (Wildman–Crippen MR) is 186 cm³/mol. The summed E-state index contributed by atoms with van der Waals surface area (Å²) < 4.78 is 5.64. The molecule has 8 rings (SSSR count). The number of para-hydroxylation sites is 1. The molecule has 5 atom stereocenters. The Hall–Kier alpha value is -3.97. The van der Waals surface area contributed by atoms with E-state index in [0.717, 1.165) is 97.8 Å². The summed E-state index contributed by atoms with van der Waals surface area (Å²) >= 11 is 0. The number of nitrogens with zero attached hydrogens (tertiary/aromatic N) is 3. The van der Waals surface area contributed by atoms with E-state index in [1.807, 2.05) is 25.3 Å². The number of benzene rings is 1. The monoisotopic (exact) mass is 630 g/mol. The largest absolute Gasteiger partial charge is 0.424 e. The van der Waals surface area contributed by atoms with E-state index in [1.165, 1.54) is 37.5 Å². The van der Waals surface area contributed by atoms with E-state index in [4.69, 9.17) is 9.72 Å². The van der Waals surface area contributed by atoms with Crippen LogP contribution < -0.4 is 4.74 Å². The van der Waals surface area contributed by atoms with Gasteiger partial charge < -0.3 is 19.5 Å². The molecule has 1 aromatic carbocycles. The fraction of sp³-hybridized carbons (Fsp3) is 0.475. The van der Waals surface area contributed by atoms with Gasteiger partial charge in [-0.05, 0) is 108 Å². The van der Waals surface area contributed by atoms with Gasteiger partial charge in [0.2, 0.25) is 0 Å². The van der Waals surface area contributed by atoms with Gasteiger partial charge in [-0.1, -0.05) is 36.4 Å². The molecular weight excluding hydrogens is 584 g/mol. The number of Topliss-reactive ketones (excluding diaryl/α,β-unsaturated/α-hetero) is 1. The Morgan fingerprint density at radius 2 is 1.74 bits per heavy atom. The third-order valence-electron chi connectivity index (χ3n) is 11.5. The van der Waals surface area contributed by atoms with Crippen LogP contribution in [0.25, 0.3) is 21.8 Å². The Morgan fingerprint density at radius 1 is 0.936 bits per heavy atom. The average molecular weight is 631 g/mol. The Labute approximate surface area is 277 Å². The van der Waals surface area contributed by atoms with Crippen LogP contribution in [0.5, 0.6) is 5.75 Å². The van der Waals surface area contributed by atoms with Gasteiger partial charge >= 0.3 is 5.97 Å². The minimum atomic E-state index is -0.338. The lowest BCUT2D eigenvalue weighted by Gasteiger charge is -2.56. The van der Waals surface area contributed by atoms with Crippen molar-refractivity contribution < 1.29 is 14.3 Å². The quantitative estimate of drug-likeness (QED) is 0.181. The molecule has 0 saturated carbocycles. The number of rotatable bonds is 3. The number of hydrogen-bond donors (Lipinski definition) is 1. The molecule has 1 fully saturated rings. The molecule has 1 N–H and O–H groups in total. The molecule has 2 aromatic heterocycles. The van der Waals surface area contributed by atoms with Crippen molar-refractivity contribution in [3.8, 4) is 5.75 Å². The molecule has 1 saturated heterocycles. The summed E-state index contributed by atoms with van der Waals surface area (Å²) in [6, 6.07) is 8.12. The number of piperidine rings is 1. The van der Waals surface area contributed by atoms with Crippen LogP contribution >= 0.6 is 0 Å². The topological polar surface area (TPSA) is 78.5 Å². The number of fused-ring (bicyclic) bond motifs is 5. The van der Waals surface area contributed by atoms with Crippen LogP contribution in [0.2, 0.25) is 0 Å². The highest BCUT2D eigenvalue weighted by Crippen LogP contribution is 2.62. The van der Waals surface area contributed by atoms with Crippen molar-refractivity contribution in [1.29, 1.82) is 0 Å². The zero-order valence-corrected chi connectivity index (χ0v) is 27.8. The highest BCUT2D eigenvalue weighted by atomic mass is 16.5. The molecule has 3 aromatic rings. The molecule has 0 amide bonds. The van der Waals surface area contributed by atoms with Gasteiger partial charge in [-0.25, -0.2) is 0 Å². The van der Waals surface area contributed by atoms with Crippen molar-refractivity contribution in [1.82, 2.24) is 19.8 Å². The molecule has 1 aliphatic carbocycles. The first-order valence-electron chi connectivity index (χ1n) is 17.8. The number of allylic oxidation sites excluding steroid dienone is 5. The van der Waals surface area contributed by atoms with Crippen LogP contribution in [0.1, 0.15) is 83.2 Å². The summed E-state index contributed by atoms with van der Waals surface area (Å²) in [6.07, 6.45) is 23.8. The van der Waals surface area contributed by atoms with Crippen molar-refractivity contribution >= 4 is 33.6 Å². The number of esters is 1. The molecule has 47 heavy (non-hydrogen) atoms. The van der Waals surface area contributed by atoms with Crippen molar-refractivity contribution in [2.75, 3.05) is 26.2 Å². The normalized spacial score (nSPS) is 30.7. The Morgan fingerprint density at radius 3 is 2.60 bits per heavy atom. The summed E-state index contributed by atoms with van der Waals surface area (Å²) in [5, 5.41) is 2.11. The Balaban J connectivity index is 1.37. The minimum Gasteiger partial charge on any atom is -0.424 e. The highest BCUT2D eigenvalue weighted by Gasteiger charge is 2.63. The lowest BCUT2D eigenvalue weighted by atomic mass is 9.53. The number of carbonyl (C=O) groups excluding carboxylic acids is 2. The molecule has 1 spiro atoms. The highest BCUT2D eigenvalue weighted by molar-refractivity contribution is 6.10. The molecule has 7 heteroatoms. The summed E-state index contributed by atoms with van der Waals surface area (Å²) in [6.45, 7) is 7.26. The number of ketones is 1. The van der Waals surface area contributed by atoms with E-state index in [-0.39, 0.29) is 35.0 Å². The van der Waals surface area contributed by atoms with Gasteiger partial charge in [-0.2, -0.15) is 0 Å². The van der Waals surface area contributed by atoms with Gasteiger partial charge in [0, 0.05) is 59.6 Å². The van der Waals surface area contributed by atoms with Crippen LogP contribution in [0, 0.1) is 11.3 Å². The molecule has 0 radical (unpaired) electrons. The predicted octanol–water partition coefficient (Wildman–Crippen LogP) is 7.76. The number of ether oxygens (including phenoxy) is 1. The summed E-state index contributed by atoms with van der Waals surface area (Å²) in [5.74, 6) is 0.677. The van der Waals surface area contributed by atoms with E-state index in [1.54, 1.807) is 0 Å². The second-order valence-corrected chi connectivity index (χ2v) is 14.3. The zero-order valence-electron chi connectivity index (χ0n) is 27.8. The van der Waals surface area contributed by atoms with Crippen molar-refractivity contribution in [3.63, 3.8) is 0 Å². The van der Waals surface area contributed by atoms with Crippen LogP contribution in [0.15, 0.2) is 77.7 Å². The molecule has 6 heterocycles. The minimum absolute atomic E-state index is 0.0381. The van der Waals surface area contributed by atoms with Gasteiger partial charge in [-0.15, -0.1) is 0 Å². The fourth-order valence-corrected chi connectivity index (χ4v) is 9.88. The first kappa shape index (κ1) is 30.4. The second kappa shape index (κ2) is 12.2. The second-order valence-electron chi connectivity index (χ2n) is 14.3. The molecule has 244 valence electrons. The smallest absolute Gasteiger partial charge is 0.308 e. The molecule has 4 aliphatic heterocycles. The fourth-order valence-electron chi connectivity index (χ4n) is 9.88. The van der Waals surface area contributed by atoms with Crippen LogP contribution in [0.4, 0.5) is 0 Å². The number of nitrogens with one attached hydrogen (secondary N) is 1. The lowest BCUT2D eigenvalue weighted by molar-refractivity contribution is -0.131. The number of carbonyl (C=O) groups is 2. The van der Waals surface area contributed by atoms with Gasteiger partial charge in [0.1, 0.15) is 0 Å². The van der Waals surface area contributed by atoms with Crippen molar-refractivity contribution in [2.45, 2.75) is 83.6 Å². The summed E-state index contributed by atoms with van der Waals surface area (Å²) in [7, 11) is 0. The van der Waals surface area contributed by atoms with Crippen LogP contribution in [0.3, 0.4) is 0 Å². The lowest BCUT2D eigenvalue weighted by Crippen LogP contribution is -2.61. The summed E-state index contributed by atoms with van der Waals surface area (Å²) in [5.41, 5.74) is 6.21. The van der Waals surface area contributed by atoms with Crippen LogP contribution in [-0.4, -0.2) is 63.7 Å². The third kappa shape index (κ3) is 5.00. The van der Waals surface area contributed by atoms with E-state index < -0.39 is 0 Å². The standard InChI is InChI=1S/C40H46N4O3/c1-26(45)35-33-16-10-6-8-12-22-44(33)39-28-14-9-5-3-4-7-11-21-43-23-19-32(40(35,39)25-43)31(24-28)37-38-30(18-20-41-37)29-15-13-17-34(36(29)42-38)47-27(2)46/h3,5,10,13,15-18,20,24,31-32,39,42H,4,6-9,11-12,14,19,21-23,25H2,1-2H3/b5-3-,16-10-/t31?,32-,39-,40-/m1/s1. The Bertz CT molecular complexity index is 1860. The van der Waals surface area contributed by atoms with Gasteiger partial charge in [0.25, 0.3) is 0 Å². The first-order valence-corrected chi connectivity index (χ1v) is 17.8. The van der Waals surface area contributed by atoms with E-state index in [9.17, 15) is 9.59 Å². The Kier molecular flexibility index (Phi) is 7.91. The van der Waals surface area contributed by atoms with Crippen molar-refractivity contribution in [2.24, 2.45) is 11.3 Å². The number of aromatic amines is 1. The maximum atomic E-state index is 14.1.